The summed E-state index contributed by atoms with van der Waals surface area (Å²) in [6.07, 6.45) is 6.71. The van der Waals surface area contributed by atoms with Crippen molar-refractivity contribution in [1.82, 2.24) is 0 Å². The fourth-order valence-electron chi connectivity index (χ4n) is 3.28. The minimum atomic E-state index is 0.952. The van der Waals surface area contributed by atoms with Crippen molar-refractivity contribution in [2.45, 2.75) is 6.92 Å². The van der Waals surface area contributed by atoms with Crippen LogP contribution in [0.2, 0.25) is 0 Å². The fraction of sp³-hybridized carbons (Fsp3) is 0.136. The van der Waals surface area contributed by atoms with Crippen LogP contribution >= 0.6 is 11.3 Å². The SMILES string of the molecule is CCN1/C(=C/c2scc(-c3ccccc3)[n+]2C)C=Cc2ccccc21. The number of para-hydroxylation sites is 1. The molecule has 0 bridgehead atoms. The Morgan fingerprint density at radius 2 is 1.76 bits per heavy atom. The van der Waals surface area contributed by atoms with Gasteiger partial charge < -0.3 is 4.90 Å². The van der Waals surface area contributed by atoms with Gasteiger partial charge in [-0.1, -0.05) is 53.8 Å². The van der Waals surface area contributed by atoms with E-state index in [1.807, 2.05) is 0 Å². The highest BCUT2D eigenvalue weighted by molar-refractivity contribution is 7.10. The van der Waals surface area contributed by atoms with E-state index in [9.17, 15) is 0 Å². The number of hydrogen-bond acceptors (Lipinski definition) is 2. The number of rotatable bonds is 3. The van der Waals surface area contributed by atoms with Crippen LogP contribution in [0.25, 0.3) is 23.4 Å². The molecule has 2 nitrogen and oxygen atoms in total. The zero-order valence-electron chi connectivity index (χ0n) is 14.5. The minimum Gasteiger partial charge on any atom is -0.341 e. The average molecular weight is 345 g/mol. The second-order valence-corrected chi connectivity index (χ2v) is 6.98. The van der Waals surface area contributed by atoms with Gasteiger partial charge >= 0.3 is 0 Å². The third kappa shape index (κ3) is 2.92. The number of hydrogen-bond donors (Lipinski definition) is 0. The molecule has 1 aromatic heterocycles. The molecule has 0 radical (unpaired) electrons. The van der Waals surface area contributed by atoms with E-state index < -0.39 is 0 Å². The molecule has 0 aliphatic carbocycles. The van der Waals surface area contributed by atoms with Gasteiger partial charge in [-0.2, -0.15) is 4.57 Å². The maximum atomic E-state index is 2.37. The Bertz CT molecular complexity index is 951. The number of thiazole rings is 1. The van der Waals surface area contributed by atoms with Crippen LogP contribution in [-0.4, -0.2) is 6.54 Å². The second-order valence-electron chi connectivity index (χ2n) is 6.09. The number of nitrogens with zero attached hydrogens (tertiary/aromatic N) is 2. The number of likely N-dealkylation sites (N-methyl/N-ethyl adjacent to an activating group) is 1. The van der Waals surface area contributed by atoms with Crippen LogP contribution in [0.4, 0.5) is 5.69 Å². The molecular formula is C22H21N2S+. The van der Waals surface area contributed by atoms with Crippen molar-refractivity contribution in [1.29, 1.82) is 0 Å². The van der Waals surface area contributed by atoms with Crippen LogP contribution in [0.1, 0.15) is 17.5 Å². The lowest BCUT2D eigenvalue weighted by Crippen LogP contribution is -2.32. The monoisotopic (exact) mass is 345 g/mol. The predicted octanol–water partition coefficient (Wildman–Crippen LogP) is 5.13. The molecule has 0 fully saturated rings. The van der Waals surface area contributed by atoms with Crippen molar-refractivity contribution >= 4 is 29.2 Å². The van der Waals surface area contributed by atoms with Crippen LogP contribution in [0.15, 0.2) is 71.8 Å². The van der Waals surface area contributed by atoms with Crippen LogP contribution in [-0.2, 0) is 7.05 Å². The van der Waals surface area contributed by atoms with E-state index in [1.54, 1.807) is 11.3 Å². The van der Waals surface area contributed by atoms with E-state index in [2.05, 4.69) is 102 Å². The van der Waals surface area contributed by atoms with E-state index in [0.29, 0.717) is 0 Å². The molecule has 0 spiro atoms. The molecule has 0 atom stereocenters. The lowest BCUT2D eigenvalue weighted by molar-refractivity contribution is -0.657. The predicted molar refractivity (Wildman–Crippen MR) is 107 cm³/mol. The first kappa shape index (κ1) is 15.9. The Balaban J connectivity index is 1.74. The molecule has 3 heteroatoms. The molecule has 1 aliphatic rings. The topological polar surface area (TPSA) is 7.12 Å². The van der Waals surface area contributed by atoms with E-state index >= 15 is 0 Å². The van der Waals surface area contributed by atoms with Crippen molar-refractivity contribution in [2.75, 3.05) is 11.4 Å². The molecule has 25 heavy (non-hydrogen) atoms. The summed E-state index contributed by atoms with van der Waals surface area (Å²) in [7, 11) is 2.14. The van der Waals surface area contributed by atoms with Gasteiger partial charge in [0.25, 0.3) is 5.01 Å². The summed E-state index contributed by atoms with van der Waals surface area (Å²) in [5.74, 6) is 0. The maximum absolute atomic E-state index is 2.37. The highest BCUT2D eigenvalue weighted by Crippen LogP contribution is 2.31. The van der Waals surface area contributed by atoms with Gasteiger partial charge in [0.05, 0.1) is 5.38 Å². The molecule has 124 valence electrons. The largest absolute Gasteiger partial charge is 0.341 e. The highest BCUT2D eigenvalue weighted by atomic mass is 32.1. The zero-order chi connectivity index (χ0) is 17.2. The first-order chi connectivity index (χ1) is 12.3. The van der Waals surface area contributed by atoms with Gasteiger partial charge in [-0.25, -0.2) is 0 Å². The second kappa shape index (κ2) is 6.69. The maximum Gasteiger partial charge on any atom is 0.264 e. The summed E-state index contributed by atoms with van der Waals surface area (Å²) >= 11 is 1.78. The lowest BCUT2D eigenvalue weighted by atomic mass is 10.1. The molecule has 0 unspecified atom stereocenters. The molecule has 4 rings (SSSR count). The van der Waals surface area contributed by atoms with Crippen molar-refractivity contribution in [2.24, 2.45) is 7.05 Å². The van der Waals surface area contributed by atoms with Gasteiger partial charge in [0.2, 0.25) is 5.69 Å². The number of aromatic nitrogens is 1. The minimum absolute atomic E-state index is 0.952. The van der Waals surface area contributed by atoms with Crippen LogP contribution in [0.3, 0.4) is 0 Å². The number of allylic oxidation sites excluding steroid dienone is 1. The molecule has 0 amide bonds. The summed E-state index contributed by atoms with van der Waals surface area (Å²) in [5.41, 5.74) is 6.30. The van der Waals surface area contributed by atoms with Crippen molar-refractivity contribution in [3.05, 3.63) is 82.3 Å². The zero-order valence-corrected chi connectivity index (χ0v) is 15.3. The van der Waals surface area contributed by atoms with Crippen LogP contribution in [0.5, 0.6) is 0 Å². The Labute approximate surface area is 153 Å². The van der Waals surface area contributed by atoms with E-state index in [0.717, 1.165) is 6.54 Å². The molecule has 2 heterocycles. The number of anilines is 1. The van der Waals surface area contributed by atoms with Gasteiger partial charge in [-0.3, -0.25) is 0 Å². The van der Waals surface area contributed by atoms with Gasteiger partial charge in [0.15, 0.2) is 0 Å². The summed E-state index contributed by atoms with van der Waals surface area (Å²) in [6.45, 7) is 3.15. The van der Waals surface area contributed by atoms with Gasteiger partial charge in [0, 0.05) is 29.6 Å². The third-order valence-corrected chi connectivity index (χ3v) is 5.59. The van der Waals surface area contributed by atoms with Crippen molar-refractivity contribution in [3.63, 3.8) is 0 Å². The first-order valence-corrected chi connectivity index (χ1v) is 9.45. The molecule has 0 saturated carbocycles. The Kier molecular flexibility index (Phi) is 4.24. The van der Waals surface area contributed by atoms with Crippen molar-refractivity contribution < 1.29 is 4.57 Å². The normalized spacial score (nSPS) is 14.8. The Morgan fingerprint density at radius 3 is 2.56 bits per heavy atom. The van der Waals surface area contributed by atoms with E-state index in [4.69, 9.17) is 0 Å². The number of fused-ring (bicyclic) bond motifs is 1. The third-order valence-electron chi connectivity index (χ3n) is 4.61. The number of benzene rings is 2. The average Bonchev–Trinajstić information content (AvgIpc) is 3.03. The molecule has 0 saturated heterocycles. The quantitative estimate of drug-likeness (QED) is 0.597. The standard InChI is InChI=1S/C22H21N2S/c1-3-24-19(14-13-18-11-7-8-12-20(18)24)15-22-23(2)21(16-25-22)17-9-5-4-6-10-17/h4-16H,3H2,1-2H3/q+1. The van der Waals surface area contributed by atoms with Gasteiger partial charge in [-0.15, -0.1) is 0 Å². The van der Waals surface area contributed by atoms with E-state index in [1.165, 1.54) is 33.2 Å². The smallest absolute Gasteiger partial charge is 0.264 e. The molecule has 2 aromatic carbocycles. The van der Waals surface area contributed by atoms with E-state index in [-0.39, 0.29) is 0 Å². The first-order valence-electron chi connectivity index (χ1n) is 8.57. The fourth-order valence-corrected chi connectivity index (χ4v) is 4.25. The van der Waals surface area contributed by atoms with Gasteiger partial charge in [0.1, 0.15) is 7.05 Å². The van der Waals surface area contributed by atoms with Crippen LogP contribution < -0.4 is 9.47 Å². The van der Waals surface area contributed by atoms with Crippen molar-refractivity contribution in [3.8, 4) is 11.3 Å². The molecule has 3 aromatic rings. The summed E-state index contributed by atoms with van der Waals surface area (Å²) < 4.78 is 2.27. The van der Waals surface area contributed by atoms with Crippen LogP contribution in [0, 0.1) is 0 Å². The Hall–Kier alpha value is -2.65. The van der Waals surface area contributed by atoms with Gasteiger partial charge in [-0.05, 0) is 36.8 Å². The molecular weight excluding hydrogens is 324 g/mol. The Morgan fingerprint density at radius 1 is 1.00 bits per heavy atom. The molecule has 0 N–H and O–H groups in total. The molecule has 1 aliphatic heterocycles. The summed E-state index contributed by atoms with van der Waals surface area (Å²) in [4.78, 5) is 2.37. The summed E-state index contributed by atoms with van der Waals surface area (Å²) in [6, 6.07) is 19.1. The highest BCUT2D eigenvalue weighted by Gasteiger charge is 2.20. The summed E-state index contributed by atoms with van der Waals surface area (Å²) in [5, 5.41) is 3.48. The lowest BCUT2D eigenvalue weighted by Gasteiger charge is -2.28.